The van der Waals surface area contributed by atoms with Crippen LogP contribution in [-0.2, 0) is 0 Å². The summed E-state index contributed by atoms with van der Waals surface area (Å²) in [5.74, 6) is 0. The highest BCUT2D eigenvalue weighted by atomic mass is 16.3. The predicted octanol–water partition coefficient (Wildman–Crippen LogP) is 1.90. The van der Waals surface area contributed by atoms with Gasteiger partial charge >= 0.3 is 0 Å². The number of rotatable bonds is 1. The van der Waals surface area contributed by atoms with Gasteiger partial charge < -0.3 is 10.2 Å². The lowest BCUT2D eigenvalue weighted by Gasteiger charge is -2.67. The van der Waals surface area contributed by atoms with Gasteiger partial charge in [-0.05, 0) is 61.7 Å². The maximum Gasteiger partial charge on any atom is 0.0664 e. The first-order valence-corrected chi connectivity index (χ1v) is 5.99. The van der Waals surface area contributed by atoms with Crippen LogP contribution in [0.2, 0.25) is 0 Å². The molecule has 4 fully saturated rings. The largest absolute Gasteiger partial charge is 0.396 e. The molecule has 0 aromatic carbocycles. The highest BCUT2D eigenvalue weighted by molar-refractivity contribution is 5.17. The standard InChI is InChI=1S/C13H21O2/c1-10-3-11(2)5-12(4-10,9-14)8-13(15,6-10)7-11/h14-15H,1,3-9H2,2H3. The van der Waals surface area contributed by atoms with E-state index >= 15 is 0 Å². The van der Waals surface area contributed by atoms with Crippen molar-refractivity contribution in [1.29, 1.82) is 0 Å². The number of aliphatic hydroxyl groups is 2. The summed E-state index contributed by atoms with van der Waals surface area (Å²) in [5.41, 5.74) is -0.317. The number of hydrogen-bond acceptors (Lipinski definition) is 2. The van der Waals surface area contributed by atoms with E-state index < -0.39 is 5.60 Å². The van der Waals surface area contributed by atoms with Gasteiger partial charge in [-0.25, -0.2) is 0 Å². The van der Waals surface area contributed by atoms with Gasteiger partial charge in [-0.15, -0.1) is 0 Å². The molecule has 15 heavy (non-hydrogen) atoms. The minimum Gasteiger partial charge on any atom is -0.396 e. The Labute approximate surface area is 91.7 Å². The minimum absolute atomic E-state index is 0.0278. The third-order valence-corrected chi connectivity index (χ3v) is 4.85. The molecule has 0 heterocycles. The van der Waals surface area contributed by atoms with Gasteiger partial charge in [0.2, 0.25) is 0 Å². The molecular formula is C13H21O2. The summed E-state index contributed by atoms with van der Waals surface area (Å²) in [6.45, 7) is 6.83. The lowest BCUT2D eigenvalue weighted by molar-refractivity contribution is -0.226. The summed E-state index contributed by atoms with van der Waals surface area (Å²) in [6, 6.07) is 0. The van der Waals surface area contributed by atoms with E-state index in [1.165, 1.54) is 0 Å². The van der Waals surface area contributed by atoms with Gasteiger partial charge in [-0.1, -0.05) is 6.92 Å². The first kappa shape index (κ1) is 10.1. The fraction of sp³-hybridized carbons (Fsp3) is 0.923. The molecule has 0 aromatic heterocycles. The lowest BCUT2D eigenvalue weighted by atomic mass is 9.39. The van der Waals surface area contributed by atoms with Crippen LogP contribution in [0, 0.1) is 23.2 Å². The molecule has 0 aliphatic heterocycles. The van der Waals surface area contributed by atoms with Gasteiger partial charge in [-0.2, -0.15) is 0 Å². The summed E-state index contributed by atoms with van der Waals surface area (Å²) < 4.78 is 0. The molecule has 0 amide bonds. The maximum absolute atomic E-state index is 10.6. The highest BCUT2D eigenvalue weighted by Gasteiger charge is 2.64. The van der Waals surface area contributed by atoms with Gasteiger partial charge in [0.05, 0.1) is 5.60 Å². The van der Waals surface area contributed by atoms with Gasteiger partial charge in [0.15, 0.2) is 0 Å². The molecule has 0 saturated heterocycles. The van der Waals surface area contributed by atoms with Crippen LogP contribution >= 0.6 is 0 Å². The van der Waals surface area contributed by atoms with Crippen molar-refractivity contribution in [2.24, 2.45) is 16.2 Å². The van der Waals surface area contributed by atoms with Gasteiger partial charge in [0, 0.05) is 6.61 Å². The SMILES string of the molecule is [CH2]C12CC3(C)CC(O)(C1)CC(CO)(C2)C3. The van der Waals surface area contributed by atoms with Crippen LogP contribution in [0.1, 0.15) is 45.4 Å². The van der Waals surface area contributed by atoms with Crippen LogP contribution < -0.4 is 0 Å². The molecule has 0 aromatic rings. The van der Waals surface area contributed by atoms with E-state index in [-0.39, 0.29) is 22.9 Å². The molecule has 4 aliphatic rings. The first-order chi connectivity index (χ1) is 6.80. The molecule has 4 unspecified atom stereocenters. The van der Waals surface area contributed by atoms with Crippen LogP contribution in [0.5, 0.6) is 0 Å². The Hall–Kier alpha value is -0.0800. The number of hydrogen-bond donors (Lipinski definition) is 2. The molecule has 0 spiro atoms. The zero-order valence-electron chi connectivity index (χ0n) is 9.55. The summed E-state index contributed by atoms with van der Waals surface area (Å²) >= 11 is 0. The van der Waals surface area contributed by atoms with Crippen molar-refractivity contribution in [3.63, 3.8) is 0 Å². The Morgan fingerprint density at radius 3 is 2.33 bits per heavy atom. The van der Waals surface area contributed by atoms with Crippen LogP contribution in [0.3, 0.4) is 0 Å². The Morgan fingerprint density at radius 2 is 1.80 bits per heavy atom. The van der Waals surface area contributed by atoms with Gasteiger partial charge in [0.25, 0.3) is 0 Å². The van der Waals surface area contributed by atoms with Crippen molar-refractivity contribution in [1.82, 2.24) is 0 Å². The average molecular weight is 209 g/mol. The zero-order chi connectivity index (χ0) is 10.9. The summed E-state index contributed by atoms with van der Waals surface area (Å²) in [4.78, 5) is 0. The van der Waals surface area contributed by atoms with Crippen molar-refractivity contribution in [3.8, 4) is 0 Å². The van der Waals surface area contributed by atoms with E-state index in [1.54, 1.807) is 0 Å². The second-order valence-corrected chi connectivity index (χ2v) is 7.25. The molecule has 4 rings (SSSR count). The number of aliphatic hydroxyl groups excluding tert-OH is 1. The van der Waals surface area contributed by atoms with Crippen LogP contribution in [0.15, 0.2) is 0 Å². The fourth-order valence-electron chi connectivity index (χ4n) is 5.71. The molecular weight excluding hydrogens is 188 g/mol. The van der Waals surface area contributed by atoms with E-state index in [9.17, 15) is 10.2 Å². The van der Waals surface area contributed by atoms with Crippen molar-refractivity contribution >= 4 is 0 Å². The fourth-order valence-corrected chi connectivity index (χ4v) is 5.71. The van der Waals surface area contributed by atoms with Crippen molar-refractivity contribution in [2.45, 2.75) is 51.0 Å². The molecule has 4 aliphatic carbocycles. The van der Waals surface area contributed by atoms with Crippen LogP contribution in [0.25, 0.3) is 0 Å². The monoisotopic (exact) mass is 209 g/mol. The first-order valence-electron chi connectivity index (χ1n) is 5.99. The van der Waals surface area contributed by atoms with Crippen LogP contribution in [-0.4, -0.2) is 22.4 Å². The summed E-state index contributed by atoms with van der Waals surface area (Å²) in [5, 5.41) is 20.2. The van der Waals surface area contributed by atoms with Crippen molar-refractivity contribution < 1.29 is 10.2 Å². The zero-order valence-corrected chi connectivity index (χ0v) is 9.55. The van der Waals surface area contributed by atoms with E-state index in [4.69, 9.17) is 0 Å². The Morgan fingerprint density at radius 1 is 1.07 bits per heavy atom. The second kappa shape index (κ2) is 2.43. The smallest absolute Gasteiger partial charge is 0.0664 e. The molecule has 2 heteroatoms. The Balaban J connectivity index is 2.06. The third-order valence-electron chi connectivity index (χ3n) is 4.85. The Kier molecular flexibility index (Phi) is 1.64. The third kappa shape index (κ3) is 1.31. The van der Waals surface area contributed by atoms with E-state index in [0.29, 0.717) is 0 Å². The van der Waals surface area contributed by atoms with E-state index in [0.717, 1.165) is 38.5 Å². The summed E-state index contributed by atoms with van der Waals surface area (Å²) in [7, 11) is 0. The van der Waals surface area contributed by atoms with Gasteiger partial charge in [-0.3, -0.25) is 0 Å². The highest BCUT2D eigenvalue weighted by Crippen LogP contribution is 2.70. The van der Waals surface area contributed by atoms with Gasteiger partial charge in [0.1, 0.15) is 0 Å². The second-order valence-electron chi connectivity index (χ2n) is 7.25. The molecule has 2 N–H and O–H groups in total. The quantitative estimate of drug-likeness (QED) is 0.692. The van der Waals surface area contributed by atoms with E-state index in [2.05, 4.69) is 13.8 Å². The molecule has 4 bridgehead atoms. The molecule has 4 saturated carbocycles. The average Bonchev–Trinajstić information content (AvgIpc) is 1.94. The molecule has 2 nitrogen and oxygen atoms in total. The van der Waals surface area contributed by atoms with Crippen molar-refractivity contribution in [2.75, 3.05) is 6.61 Å². The molecule has 4 atom stereocenters. The predicted molar refractivity (Wildman–Crippen MR) is 58.1 cm³/mol. The van der Waals surface area contributed by atoms with Crippen LogP contribution in [0.4, 0.5) is 0 Å². The van der Waals surface area contributed by atoms with E-state index in [1.807, 2.05) is 0 Å². The lowest BCUT2D eigenvalue weighted by Crippen LogP contribution is -2.63. The minimum atomic E-state index is -0.534. The van der Waals surface area contributed by atoms with Crippen molar-refractivity contribution in [3.05, 3.63) is 6.92 Å². The molecule has 1 radical (unpaired) electrons. The molecule has 85 valence electrons. The normalized spacial score (nSPS) is 62.4. The summed E-state index contributed by atoms with van der Waals surface area (Å²) in [6.07, 6.45) is 5.77. The topological polar surface area (TPSA) is 40.5 Å². The maximum atomic E-state index is 10.6. The Bertz CT molecular complexity index is 256.